The Morgan fingerprint density at radius 2 is 2.16 bits per heavy atom. The van der Waals surface area contributed by atoms with E-state index in [-0.39, 0.29) is 16.2 Å². The predicted octanol–water partition coefficient (Wildman–Crippen LogP) is 0.487. The number of sulfone groups is 1. The second-order valence-electron chi connectivity index (χ2n) is 3.98. The molecule has 0 saturated carbocycles. The van der Waals surface area contributed by atoms with Crippen LogP contribution in [0.2, 0.25) is 0 Å². The highest BCUT2D eigenvalue weighted by Gasteiger charge is 2.18. The second kappa shape index (κ2) is 4.81. The fourth-order valence-corrected chi connectivity index (χ4v) is 2.84. The first kappa shape index (κ1) is 13.2. The zero-order chi connectivity index (χ0) is 14.0. The highest BCUT2D eigenvalue weighted by molar-refractivity contribution is 7.90. The fourth-order valence-electron chi connectivity index (χ4n) is 1.56. The summed E-state index contributed by atoms with van der Waals surface area (Å²) < 4.78 is 25.6. The van der Waals surface area contributed by atoms with Crippen molar-refractivity contribution in [3.8, 4) is 0 Å². The molecule has 1 heterocycles. The molecule has 1 N–H and O–H groups in total. The number of hydrogen-bond acceptors (Lipinski definition) is 5. The zero-order valence-electron chi connectivity index (χ0n) is 10.0. The van der Waals surface area contributed by atoms with Gasteiger partial charge in [-0.25, -0.2) is 13.2 Å². The predicted molar refractivity (Wildman–Crippen MR) is 65.3 cm³/mol. The lowest BCUT2D eigenvalue weighted by atomic mass is 10.2. The van der Waals surface area contributed by atoms with E-state index in [4.69, 9.17) is 5.11 Å². The summed E-state index contributed by atoms with van der Waals surface area (Å²) in [5.41, 5.74) is 0.239. The van der Waals surface area contributed by atoms with Crippen LogP contribution < -0.4 is 0 Å². The molecule has 0 fully saturated rings. The van der Waals surface area contributed by atoms with Crippen LogP contribution in [0.15, 0.2) is 35.4 Å². The molecule has 2 aromatic rings. The summed E-state index contributed by atoms with van der Waals surface area (Å²) in [6.07, 6.45) is 1.50. The van der Waals surface area contributed by atoms with Gasteiger partial charge in [-0.3, -0.25) is 4.68 Å². The van der Waals surface area contributed by atoms with Crippen molar-refractivity contribution in [3.05, 3.63) is 41.7 Å². The van der Waals surface area contributed by atoms with Crippen LogP contribution in [0.1, 0.15) is 16.1 Å². The average Bonchev–Trinajstić information content (AvgIpc) is 2.74. The Labute approximate surface area is 109 Å². The second-order valence-corrected chi connectivity index (χ2v) is 5.97. The molecule has 0 aliphatic carbocycles. The Hall–Kier alpha value is -2.22. The van der Waals surface area contributed by atoms with Gasteiger partial charge < -0.3 is 5.11 Å². The number of nitrogens with zero attached hydrogens (tertiary/aromatic N) is 3. The third-order valence-corrected chi connectivity index (χ3v) is 4.08. The van der Waals surface area contributed by atoms with Crippen LogP contribution in [-0.4, -0.2) is 34.5 Å². The summed E-state index contributed by atoms with van der Waals surface area (Å²) in [4.78, 5) is 10.8. The molecule has 1 aromatic heterocycles. The minimum Gasteiger partial charge on any atom is -0.478 e. The van der Waals surface area contributed by atoms with Gasteiger partial charge in [-0.1, -0.05) is 11.3 Å². The van der Waals surface area contributed by atoms with Gasteiger partial charge in [0.1, 0.15) is 5.75 Å². The van der Waals surface area contributed by atoms with E-state index in [9.17, 15) is 13.2 Å². The first-order chi connectivity index (χ1) is 8.88. The van der Waals surface area contributed by atoms with Crippen molar-refractivity contribution in [2.24, 2.45) is 7.05 Å². The number of carboxylic acids is 1. The van der Waals surface area contributed by atoms with Crippen molar-refractivity contribution in [2.45, 2.75) is 10.6 Å². The van der Waals surface area contributed by atoms with E-state index in [0.717, 1.165) is 6.07 Å². The van der Waals surface area contributed by atoms with Crippen molar-refractivity contribution in [2.75, 3.05) is 0 Å². The van der Waals surface area contributed by atoms with E-state index in [1.807, 2.05) is 0 Å². The molecular weight excluding hydrogens is 270 g/mol. The van der Waals surface area contributed by atoms with Crippen LogP contribution in [0.4, 0.5) is 0 Å². The summed E-state index contributed by atoms with van der Waals surface area (Å²) in [6, 6.07) is 5.23. The molecule has 0 aliphatic heterocycles. The average molecular weight is 281 g/mol. The molecule has 8 heteroatoms. The molecule has 0 saturated heterocycles. The molecule has 0 unspecified atom stereocenters. The van der Waals surface area contributed by atoms with Crippen LogP contribution >= 0.6 is 0 Å². The van der Waals surface area contributed by atoms with Gasteiger partial charge in [0.2, 0.25) is 0 Å². The molecule has 0 atom stereocenters. The Morgan fingerprint density at radius 1 is 1.42 bits per heavy atom. The van der Waals surface area contributed by atoms with Gasteiger partial charge in [-0.05, 0) is 18.2 Å². The van der Waals surface area contributed by atoms with Crippen LogP contribution in [0, 0.1) is 0 Å². The Kier molecular flexibility index (Phi) is 3.34. The largest absolute Gasteiger partial charge is 0.478 e. The quantitative estimate of drug-likeness (QED) is 0.874. The maximum atomic E-state index is 12.1. The maximum Gasteiger partial charge on any atom is 0.335 e. The lowest BCUT2D eigenvalue weighted by Gasteiger charge is -2.03. The van der Waals surface area contributed by atoms with Gasteiger partial charge in [-0.2, -0.15) is 0 Å². The third-order valence-electron chi connectivity index (χ3n) is 2.43. The van der Waals surface area contributed by atoms with Crippen molar-refractivity contribution >= 4 is 15.8 Å². The van der Waals surface area contributed by atoms with Crippen molar-refractivity contribution in [1.29, 1.82) is 0 Å². The normalized spacial score (nSPS) is 11.4. The van der Waals surface area contributed by atoms with Gasteiger partial charge in [0.25, 0.3) is 0 Å². The van der Waals surface area contributed by atoms with E-state index in [1.165, 1.54) is 29.1 Å². The van der Waals surface area contributed by atoms with E-state index < -0.39 is 15.8 Å². The number of carbonyl (C=O) groups is 1. The summed E-state index contributed by atoms with van der Waals surface area (Å²) >= 11 is 0. The van der Waals surface area contributed by atoms with Crippen LogP contribution in [-0.2, 0) is 22.6 Å². The Bertz CT molecular complexity index is 721. The number of hydrogen-bond donors (Lipinski definition) is 1. The number of rotatable bonds is 4. The Morgan fingerprint density at radius 3 is 2.74 bits per heavy atom. The molecule has 7 nitrogen and oxygen atoms in total. The maximum absolute atomic E-state index is 12.1. The highest BCUT2D eigenvalue weighted by atomic mass is 32.2. The summed E-state index contributed by atoms with van der Waals surface area (Å²) in [7, 11) is -2.00. The molecule has 0 aliphatic rings. The topological polar surface area (TPSA) is 102 Å². The number of benzene rings is 1. The molecule has 0 amide bonds. The molecule has 2 rings (SSSR count). The number of carboxylic acid groups (broad SMARTS) is 1. The lowest BCUT2D eigenvalue weighted by molar-refractivity contribution is 0.0696. The SMILES string of the molecule is Cn1cc(CS(=O)(=O)c2cccc(C(=O)O)c2)nn1. The lowest BCUT2D eigenvalue weighted by Crippen LogP contribution is -2.07. The molecule has 19 heavy (non-hydrogen) atoms. The van der Waals surface area contributed by atoms with Crippen LogP contribution in [0.3, 0.4) is 0 Å². The van der Waals surface area contributed by atoms with Crippen LogP contribution in [0.25, 0.3) is 0 Å². The molecule has 0 bridgehead atoms. The minimum absolute atomic E-state index is 0.0435. The summed E-state index contributed by atoms with van der Waals surface area (Å²) in [5.74, 6) is -1.49. The molecule has 0 spiro atoms. The van der Waals surface area contributed by atoms with E-state index >= 15 is 0 Å². The van der Waals surface area contributed by atoms with Crippen molar-refractivity contribution in [3.63, 3.8) is 0 Å². The summed E-state index contributed by atoms with van der Waals surface area (Å²) in [6.45, 7) is 0. The summed E-state index contributed by atoms with van der Waals surface area (Å²) in [5, 5.41) is 16.2. The first-order valence-electron chi connectivity index (χ1n) is 5.30. The monoisotopic (exact) mass is 281 g/mol. The van der Waals surface area contributed by atoms with Gasteiger partial charge >= 0.3 is 5.97 Å². The fraction of sp³-hybridized carbons (Fsp3) is 0.182. The first-order valence-corrected chi connectivity index (χ1v) is 6.95. The number of aromatic carboxylic acids is 1. The Balaban J connectivity index is 2.34. The van der Waals surface area contributed by atoms with Crippen molar-refractivity contribution < 1.29 is 18.3 Å². The third kappa shape index (κ3) is 2.97. The molecule has 1 aromatic carbocycles. The minimum atomic E-state index is -3.64. The molecule has 0 radical (unpaired) electrons. The molecular formula is C11H11N3O4S. The van der Waals surface area contributed by atoms with Gasteiger partial charge in [0.15, 0.2) is 9.84 Å². The zero-order valence-corrected chi connectivity index (χ0v) is 10.8. The number of aromatic nitrogens is 3. The highest BCUT2D eigenvalue weighted by Crippen LogP contribution is 2.16. The van der Waals surface area contributed by atoms with Gasteiger partial charge in [0.05, 0.1) is 16.2 Å². The molecule has 100 valence electrons. The van der Waals surface area contributed by atoms with Crippen LogP contribution in [0.5, 0.6) is 0 Å². The van der Waals surface area contributed by atoms with E-state index in [1.54, 1.807) is 7.05 Å². The van der Waals surface area contributed by atoms with E-state index in [2.05, 4.69) is 10.3 Å². The number of aryl methyl sites for hydroxylation is 1. The van der Waals surface area contributed by atoms with Crippen molar-refractivity contribution in [1.82, 2.24) is 15.0 Å². The smallest absolute Gasteiger partial charge is 0.335 e. The van der Waals surface area contributed by atoms with Gasteiger partial charge in [-0.15, -0.1) is 5.10 Å². The van der Waals surface area contributed by atoms with Gasteiger partial charge in [0, 0.05) is 13.2 Å². The standard InChI is InChI=1S/C11H11N3O4S/c1-14-6-9(12-13-14)7-19(17,18)10-4-2-3-8(5-10)11(15)16/h2-6H,7H2,1H3,(H,15,16). The van der Waals surface area contributed by atoms with E-state index in [0.29, 0.717) is 5.69 Å².